The minimum atomic E-state index is -0.00713. The van der Waals surface area contributed by atoms with E-state index < -0.39 is 0 Å². The molecule has 1 unspecified atom stereocenters. The Bertz CT molecular complexity index is 422. The fourth-order valence-electron chi connectivity index (χ4n) is 1.53. The number of halogens is 1. The average Bonchev–Trinajstić information content (AvgIpc) is 2.66. The van der Waals surface area contributed by atoms with Gasteiger partial charge in [-0.2, -0.15) is 0 Å². The average molecular weight is 221 g/mol. The third kappa shape index (κ3) is 2.39. The van der Waals surface area contributed by atoms with Crippen LogP contribution in [0.5, 0.6) is 0 Å². The van der Waals surface area contributed by atoms with Crippen LogP contribution in [0, 0.1) is 0 Å². The van der Waals surface area contributed by atoms with Gasteiger partial charge < -0.3 is 4.57 Å². The van der Waals surface area contributed by atoms with Crippen molar-refractivity contribution in [1.29, 1.82) is 0 Å². The molecule has 2 rings (SSSR count). The van der Waals surface area contributed by atoms with E-state index in [4.69, 9.17) is 11.6 Å². The summed E-state index contributed by atoms with van der Waals surface area (Å²) in [5.74, 6) is 1.01. The SMILES string of the molecule is Cn1ccnc1CC(Cl)c1ccccc1. The van der Waals surface area contributed by atoms with E-state index in [-0.39, 0.29) is 5.38 Å². The second-order valence-electron chi connectivity index (χ2n) is 3.54. The summed E-state index contributed by atoms with van der Waals surface area (Å²) in [5.41, 5.74) is 1.14. The molecule has 15 heavy (non-hydrogen) atoms. The standard InChI is InChI=1S/C12H13ClN2/c1-15-8-7-14-12(15)9-11(13)10-5-3-2-4-6-10/h2-8,11H,9H2,1H3. The van der Waals surface area contributed by atoms with Crippen LogP contribution < -0.4 is 0 Å². The van der Waals surface area contributed by atoms with Crippen LogP contribution in [-0.2, 0) is 13.5 Å². The van der Waals surface area contributed by atoms with Crippen LogP contribution in [0.1, 0.15) is 16.8 Å². The van der Waals surface area contributed by atoms with Crippen molar-refractivity contribution in [2.45, 2.75) is 11.8 Å². The molecule has 0 saturated carbocycles. The molecule has 0 aliphatic carbocycles. The Balaban J connectivity index is 2.11. The second-order valence-corrected chi connectivity index (χ2v) is 4.06. The van der Waals surface area contributed by atoms with E-state index in [0.717, 1.165) is 17.8 Å². The molecule has 0 amide bonds. The van der Waals surface area contributed by atoms with E-state index in [1.165, 1.54) is 0 Å². The van der Waals surface area contributed by atoms with Crippen LogP contribution in [0.2, 0.25) is 0 Å². The molecular formula is C12H13ClN2. The molecule has 2 aromatic rings. The van der Waals surface area contributed by atoms with Crippen molar-refractivity contribution < 1.29 is 0 Å². The lowest BCUT2D eigenvalue weighted by Crippen LogP contribution is -2.02. The van der Waals surface area contributed by atoms with Crippen LogP contribution in [0.25, 0.3) is 0 Å². The van der Waals surface area contributed by atoms with Gasteiger partial charge in [0.05, 0.1) is 5.38 Å². The summed E-state index contributed by atoms with van der Waals surface area (Å²) < 4.78 is 2.00. The molecule has 0 spiro atoms. The highest BCUT2D eigenvalue weighted by Crippen LogP contribution is 2.23. The van der Waals surface area contributed by atoms with Crippen molar-refractivity contribution in [3.63, 3.8) is 0 Å². The fraction of sp³-hybridized carbons (Fsp3) is 0.250. The third-order valence-electron chi connectivity index (χ3n) is 2.44. The molecular weight excluding hydrogens is 208 g/mol. The lowest BCUT2D eigenvalue weighted by atomic mass is 10.1. The Kier molecular flexibility index (Phi) is 3.07. The number of hydrogen-bond donors (Lipinski definition) is 0. The van der Waals surface area contributed by atoms with E-state index >= 15 is 0 Å². The monoisotopic (exact) mass is 220 g/mol. The minimum absolute atomic E-state index is 0.00713. The summed E-state index contributed by atoms with van der Waals surface area (Å²) in [4.78, 5) is 4.26. The van der Waals surface area contributed by atoms with Gasteiger partial charge in [-0.3, -0.25) is 0 Å². The predicted octanol–water partition coefficient (Wildman–Crippen LogP) is 2.94. The third-order valence-corrected chi connectivity index (χ3v) is 2.85. The van der Waals surface area contributed by atoms with Gasteiger partial charge >= 0.3 is 0 Å². The van der Waals surface area contributed by atoms with Gasteiger partial charge in [0, 0.05) is 25.9 Å². The van der Waals surface area contributed by atoms with Crippen molar-refractivity contribution in [1.82, 2.24) is 9.55 Å². The topological polar surface area (TPSA) is 17.8 Å². The van der Waals surface area contributed by atoms with Crippen LogP contribution in [-0.4, -0.2) is 9.55 Å². The minimum Gasteiger partial charge on any atom is -0.338 e. The number of aromatic nitrogens is 2. The molecule has 1 aromatic heterocycles. The zero-order valence-electron chi connectivity index (χ0n) is 8.60. The van der Waals surface area contributed by atoms with Crippen molar-refractivity contribution in [3.05, 3.63) is 54.1 Å². The quantitative estimate of drug-likeness (QED) is 0.728. The summed E-state index contributed by atoms with van der Waals surface area (Å²) in [7, 11) is 1.98. The number of nitrogens with zero attached hydrogens (tertiary/aromatic N) is 2. The maximum atomic E-state index is 6.32. The zero-order valence-corrected chi connectivity index (χ0v) is 9.35. The van der Waals surface area contributed by atoms with E-state index in [1.807, 2.05) is 48.1 Å². The lowest BCUT2D eigenvalue weighted by molar-refractivity contribution is 0.758. The maximum Gasteiger partial charge on any atom is 0.110 e. The molecule has 3 heteroatoms. The Morgan fingerprint density at radius 1 is 1.33 bits per heavy atom. The fourth-order valence-corrected chi connectivity index (χ4v) is 1.82. The molecule has 0 fully saturated rings. The normalized spacial score (nSPS) is 12.7. The van der Waals surface area contributed by atoms with E-state index in [1.54, 1.807) is 6.20 Å². The molecule has 2 nitrogen and oxygen atoms in total. The van der Waals surface area contributed by atoms with E-state index in [9.17, 15) is 0 Å². The highest BCUT2D eigenvalue weighted by atomic mass is 35.5. The number of benzene rings is 1. The first kappa shape index (κ1) is 10.2. The second kappa shape index (κ2) is 4.49. The zero-order chi connectivity index (χ0) is 10.7. The first-order chi connectivity index (χ1) is 7.27. The summed E-state index contributed by atoms with van der Waals surface area (Å²) in [5, 5.41) is -0.00713. The van der Waals surface area contributed by atoms with Gasteiger partial charge in [0.1, 0.15) is 5.82 Å². The predicted molar refractivity (Wildman–Crippen MR) is 61.9 cm³/mol. The Labute approximate surface area is 94.5 Å². The van der Waals surface area contributed by atoms with E-state index in [0.29, 0.717) is 0 Å². The molecule has 78 valence electrons. The number of imidazole rings is 1. The van der Waals surface area contributed by atoms with Gasteiger partial charge in [0.25, 0.3) is 0 Å². The van der Waals surface area contributed by atoms with Gasteiger partial charge in [-0.15, -0.1) is 11.6 Å². The molecule has 1 aromatic carbocycles. The van der Waals surface area contributed by atoms with Gasteiger partial charge in [0.15, 0.2) is 0 Å². The molecule has 0 aliphatic heterocycles. The molecule has 0 bridgehead atoms. The van der Waals surface area contributed by atoms with Gasteiger partial charge in [-0.1, -0.05) is 30.3 Å². The Morgan fingerprint density at radius 3 is 2.67 bits per heavy atom. The summed E-state index contributed by atoms with van der Waals surface area (Å²) in [6, 6.07) is 10.1. The summed E-state index contributed by atoms with van der Waals surface area (Å²) in [6.07, 6.45) is 4.49. The van der Waals surface area contributed by atoms with Crippen molar-refractivity contribution in [2.24, 2.45) is 7.05 Å². The summed E-state index contributed by atoms with van der Waals surface area (Å²) >= 11 is 6.32. The van der Waals surface area contributed by atoms with Crippen molar-refractivity contribution >= 4 is 11.6 Å². The van der Waals surface area contributed by atoms with Gasteiger partial charge in [0.2, 0.25) is 0 Å². The number of rotatable bonds is 3. The summed E-state index contributed by atoms with van der Waals surface area (Å²) in [6.45, 7) is 0. The molecule has 0 aliphatic rings. The van der Waals surface area contributed by atoms with Gasteiger partial charge in [-0.25, -0.2) is 4.98 Å². The Hall–Kier alpha value is -1.28. The van der Waals surface area contributed by atoms with Crippen LogP contribution in [0.3, 0.4) is 0 Å². The van der Waals surface area contributed by atoms with Crippen molar-refractivity contribution in [2.75, 3.05) is 0 Å². The number of aryl methyl sites for hydroxylation is 1. The maximum absolute atomic E-state index is 6.32. The first-order valence-electron chi connectivity index (χ1n) is 4.92. The highest BCUT2D eigenvalue weighted by molar-refractivity contribution is 6.20. The smallest absolute Gasteiger partial charge is 0.110 e. The van der Waals surface area contributed by atoms with Crippen LogP contribution >= 0.6 is 11.6 Å². The molecule has 0 radical (unpaired) electrons. The first-order valence-corrected chi connectivity index (χ1v) is 5.36. The molecule has 1 atom stereocenters. The number of hydrogen-bond acceptors (Lipinski definition) is 1. The van der Waals surface area contributed by atoms with Crippen LogP contribution in [0.15, 0.2) is 42.7 Å². The Morgan fingerprint density at radius 2 is 2.07 bits per heavy atom. The molecule has 0 saturated heterocycles. The number of alkyl halides is 1. The molecule has 1 heterocycles. The molecule has 0 N–H and O–H groups in total. The highest BCUT2D eigenvalue weighted by Gasteiger charge is 2.10. The van der Waals surface area contributed by atoms with Crippen molar-refractivity contribution in [3.8, 4) is 0 Å². The van der Waals surface area contributed by atoms with E-state index in [2.05, 4.69) is 4.98 Å². The largest absolute Gasteiger partial charge is 0.338 e. The van der Waals surface area contributed by atoms with Crippen LogP contribution in [0.4, 0.5) is 0 Å². The lowest BCUT2D eigenvalue weighted by Gasteiger charge is -2.09. The van der Waals surface area contributed by atoms with Gasteiger partial charge in [-0.05, 0) is 5.56 Å².